The number of likely N-dealkylation sites (tertiary alicyclic amines) is 1. The Morgan fingerprint density at radius 1 is 1.17 bits per heavy atom. The number of benzene rings is 1. The first-order valence-electron chi connectivity index (χ1n) is 12.8. The van der Waals surface area contributed by atoms with E-state index >= 15 is 0 Å². The van der Waals surface area contributed by atoms with Gasteiger partial charge in [-0.2, -0.15) is 5.10 Å². The summed E-state index contributed by atoms with van der Waals surface area (Å²) in [7, 11) is 0. The first-order chi connectivity index (χ1) is 17.1. The Balaban J connectivity index is 1.38. The van der Waals surface area contributed by atoms with Gasteiger partial charge in [-0.05, 0) is 67.7 Å². The molecule has 1 saturated carbocycles. The highest BCUT2D eigenvalue weighted by Gasteiger charge is 2.47. The van der Waals surface area contributed by atoms with Crippen LogP contribution in [-0.2, 0) is 9.59 Å². The van der Waals surface area contributed by atoms with Gasteiger partial charge in [0.1, 0.15) is 0 Å². The molecule has 4 rings (SSSR count). The van der Waals surface area contributed by atoms with Crippen molar-refractivity contribution in [2.24, 2.45) is 11.3 Å². The van der Waals surface area contributed by atoms with Crippen LogP contribution in [0.3, 0.4) is 0 Å². The topological polar surface area (TPSA) is 108 Å². The standard InChI is InChI=1S/C27H37ClN4O4/c1-17(18-8-10-21(11-9-18)32-13-5-12-29-32)30-25(35)23(33)24(34)26(36)31-16-27(2,3)15-22(31)19-6-4-7-20(28)14-19/h5,8-13,17,19-20,22-24,33-34H,4,6-7,14-16H2,1-3H3,(H,30,35)/t17-,19?,20?,22?,23-,24-/m1/s1. The average Bonchev–Trinajstić information content (AvgIpc) is 3.50. The number of rotatable bonds is 7. The first kappa shape index (κ1) is 26.6. The van der Waals surface area contributed by atoms with Crippen LogP contribution in [0.2, 0.25) is 0 Å². The Bertz CT molecular complexity index is 1040. The lowest BCUT2D eigenvalue weighted by molar-refractivity contribution is -0.155. The highest BCUT2D eigenvalue weighted by Crippen LogP contribution is 2.42. The summed E-state index contributed by atoms with van der Waals surface area (Å²) in [6.45, 7) is 6.46. The fourth-order valence-corrected chi connectivity index (χ4v) is 6.05. The van der Waals surface area contributed by atoms with Gasteiger partial charge in [-0.15, -0.1) is 11.6 Å². The maximum absolute atomic E-state index is 13.3. The van der Waals surface area contributed by atoms with Crippen molar-refractivity contribution < 1.29 is 19.8 Å². The molecule has 1 aromatic heterocycles. The molecule has 9 heteroatoms. The van der Waals surface area contributed by atoms with Gasteiger partial charge in [0.05, 0.1) is 11.7 Å². The van der Waals surface area contributed by atoms with Crippen molar-refractivity contribution >= 4 is 23.4 Å². The Morgan fingerprint density at radius 2 is 1.89 bits per heavy atom. The Labute approximate surface area is 217 Å². The summed E-state index contributed by atoms with van der Waals surface area (Å²) < 4.78 is 1.73. The Hall–Kier alpha value is -2.42. The van der Waals surface area contributed by atoms with Crippen LogP contribution in [0, 0.1) is 11.3 Å². The van der Waals surface area contributed by atoms with Crippen molar-refractivity contribution in [1.29, 1.82) is 0 Å². The minimum atomic E-state index is -1.86. The molecule has 6 atom stereocenters. The minimum Gasteiger partial charge on any atom is -0.380 e. The number of aromatic nitrogens is 2. The highest BCUT2D eigenvalue weighted by atomic mass is 35.5. The fraction of sp³-hybridized carbons (Fsp3) is 0.593. The second-order valence-corrected chi connectivity index (χ2v) is 11.7. The number of nitrogens with one attached hydrogen (secondary N) is 1. The number of aliphatic hydroxyl groups excluding tert-OH is 2. The van der Waals surface area contributed by atoms with Gasteiger partial charge in [-0.1, -0.05) is 32.4 Å². The second-order valence-electron chi connectivity index (χ2n) is 11.1. The SMILES string of the molecule is C[C@@H](NC(=O)[C@H](O)[C@@H](O)C(=O)N1CC(C)(C)CC1C1CCCC(Cl)C1)c1ccc(-n2cccn2)cc1. The molecule has 1 aromatic carbocycles. The molecule has 1 aliphatic carbocycles. The van der Waals surface area contributed by atoms with E-state index in [0.29, 0.717) is 6.54 Å². The zero-order valence-electron chi connectivity index (χ0n) is 21.2. The number of carbonyl (C=O) groups is 2. The van der Waals surface area contributed by atoms with Crippen molar-refractivity contribution in [2.45, 2.75) is 82.5 Å². The van der Waals surface area contributed by atoms with Gasteiger partial charge in [0.2, 0.25) is 0 Å². The quantitative estimate of drug-likeness (QED) is 0.490. The van der Waals surface area contributed by atoms with Crippen LogP contribution in [0.4, 0.5) is 0 Å². The summed E-state index contributed by atoms with van der Waals surface area (Å²) in [4.78, 5) is 27.8. The molecule has 8 nitrogen and oxygen atoms in total. The third kappa shape index (κ3) is 5.93. The fourth-order valence-electron chi connectivity index (χ4n) is 5.66. The first-order valence-corrected chi connectivity index (χ1v) is 13.2. The van der Waals surface area contributed by atoms with Crippen molar-refractivity contribution in [2.75, 3.05) is 6.54 Å². The van der Waals surface area contributed by atoms with Crippen LogP contribution in [-0.4, -0.2) is 66.9 Å². The molecule has 0 spiro atoms. The van der Waals surface area contributed by atoms with Crippen LogP contribution in [0.1, 0.15) is 64.5 Å². The molecule has 2 amide bonds. The number of aliphatic hydroxyl groups is 2. The lowest BCUT2D eigenvalue weighted by atomic mass is 9.79. The molecule has 36 heavy (non-hydrogen) atoms. The molecule has 1 saturated heterocycles. The van der Waals surface area contributed by atoms with E-state index in [-0.39, 0.29) is 22.8 Å². The van der Waals surface area contributed by atoms with Crippen molar-refractivity contribution in [3.8, 4) is 5.69 Å². The van der Waals surface area contributed by atoms with Gasteiger partial charge < -0.3 is 20.4 Å². The molecular weight excluding hydrogens is 480 g/mol. The van der Waals surface area contributed by atoms with E-state index in [9.17, 15) is 19.8 Å². The summed E-state index contributed by atoms with van der Waals surface area (Å²) in [6.07, 6.45) is 4.48. The molecule has 1 aliphatic heterocycles. The van der Waals surface area contributed by atoms with Crippen molar-refractivity contribution in [1.82, 2.24) is 20.0 Å². The van der Waals surface area contributed by atoms with E-state index in [2.05, 4.69) is 24.3 Å². The lowest BCUT2D eigenvalue weighted by Crippen LogP contribution is -2.53. The maximum atomic E-state index is 13.3. The van der Waals surface area contributed by atoms with Gasteiger partial charge in [0.25, 0.3) is 11.8 Å². The second kappa shape index (κ2) is 10.9. The van der Waals surface area contributed by atoms with Crippen molar-refractivity contribution in [3.63, 3.8) is 0 Å². The zero-order chi connectivity index (χ0) is 26.0. The smallest absolute Gasteiger partial charge is 0.254 e. The molecule has 3 N–H and O–H groups in total. The van der Waals surface area contributed by atoms with Gasteiger partial charge in [0, 0.05) is 30.4 Å². The van der Waals surface area contributed by atoms with Crippen LogP contribution >= 0.6 is 11.6 Å². The number of carbonyl (C=O) groups excluding carboxylic acids is 2. The summed E-state index contributed by atoms with van der Waals surface area (Å²) in [5.41, 5.74) is 1.59. The van der Waals surface area contributed by atoms with Crippen molar-refractivity contribution in [3.05, 3.63) is 48.3 Å². The molecule has 2 aliphatic rings. The molecule has 0 radical (unpaired) electrons. The summed E-state index contributed by atoms with van der Waals surface area (Å²) >= 11 is 6.43. The van der Waals surface area contributed by atoms with Gasteiger partial charge >= 0.3 is 0 Å². The van der Waals surface area contributed by atoms with Crippen LogP contribution in [0.25, 0.3) is 5.69 Å². The van der Waals surface area contributed by atoms with E-state index in [1.54, 1.807) is 22.7 Å². The molecule has 2 fully saturated rings. The van der Waals surface area contributed by atoms with Gasteiger partial charge in [-0.3, -0.25) is 9.59 Å². The Kier molecular flexibility index (Phi) is 8.07. The zero-order valence-corrected chi connectivity index (χ0v) is 21.9. The number of amides is 2. The van der Waals surface area contributed by atoms with E-state index in [1.165, 1.54) is 0 Å². The number of hydrogen-bond donors (Lipinski definition) is 3. The number of nitrogens with zero attached hydrogens (tertiary/aromatic N) is 3. The molecular formula is C27H37ClN4O4. The van der Waals surface area contributed by atoms with Crippen LogP contribution in [0.5, 0.6) is 0 Å². The Morgan fingerprint density at radius 3 is 2.53 bits per heavy atom. The molecule has 0 bridgehead atoms. The van der Waals surface area contributed by atoms with Gasteiger partial charge in [0.15, 0.2) is 12.2 Å². The van der Waals surface area contributed by atoms with E-state index < -0.39 is 30.1 Å². The molecule has 2 heterocycles. The summed E-state index contributed by atoms with van der Waals surface area (Å²) in [6, 6.07) is 8.84. The third-order valence-corrected chi connectivity index (χ3v) is 7.98. The van der Waals surface area contributed by atoms with E-state index in [0.717, 1.165) is 43.4 Å². The molecule has 2 aromatic rings. The number of halogens is 1. The summed E-state index contributed by atoms with van der Waals surface area (Å²) in [5.74, 6) is -1.12. The van der Waals surface area contributed by atoms with E-state index in [1.807, 2.05) is 36.5 Å². The van der Waals surface area contributed by atoms with Crippen LogP contribution in [0.15, 0.2) is 42.7 Å². The van der Waals surface area contributed by atoms with E-state index in [4.69, 9.17) is 11.6 Å². The third-order valence-electron chi connectivity index (χ3n) is 7.58. The van der Waals surface area contributed by atoms with Crippen LogP contribution < -0.4 is 5.32 Å². The van der Waals surface area contributed by atoms with Gasteiger partial charge in [-0.25, -0.2) is 4.68 Å². The maximum Gasteiger partial charge on any atom is 0.254 e. The monoisotopic (exact) mass is 516 g/mol. The highest BCUT2D eigenvalue weighted by molar-refractivity contribution is 6.20. The molecule has 3 unspecified atom stereocenters. The largest absolute Gasteiger partial charge is 0.380 e. The predicted molar refractivity (Wildman–Crippen MR) is 138 cm³/mol. The normalized spacial score (nSPS) is 26.3. The minimum absolute atomic E-state index is 0.0498. The predicted octanol–water partition coefficient (Wildman–Crippen LogP) is 3.20. The average molecular weight is 517 g/mol. The number of alkyl halides is 1. The lowest BCUT2D eigenvalue weighted by Gasteiger charge is -2.36. The number of hydrogen-bond acceptors (Lipinski definition) is 5. The molecule has 196 valence electrons. The summed E-state index contributed by atoms with van der Waals surface area (Å²) in [5, 5.41) is 28.4.